The van der Waals surface area contributed by atoms with Crippen LogP contribution in [-0.4, -0.2) is 4.92 Å². The highest BCUT2D eigenvalue weighted by Gasteiger charge is 2.15. The van der Waals surface area contributed by atoms with Crippen LogP contribution in [0, 0.1) is 22.9 Å². The number of nitrogens with zero attached hydrogens (tertiary/aromatic N) is 1. The third kappa shape index (κ3) is 1.38. The molecule has 0 fully saturated rings. The summed E-state index contributed by atoms with van der Waals surface area (Å²) in [7, 11) is 0. The molecule has 0 radical (unpaired) electrons. The molecule has 0 spiro atoms. The van der Waals surface area contributed by atoms with E-state index in [-0.39, 0.29) is 16.3 Å². The van der Waals surface area contributed by atoms with Crippen LogP contribution in [0.1, 0.15) is 5.56 Å². The summed E-state index contributed by atoms with van der Waals surface area (Å²) in [6.45, 7) is 1.41. The van der Waals surface area contributed by atoms with E-state index in [0.717, 1.165) is 12.1 Å². The van der Waals surface area contributed by atoms with Gasteiger partial charge in [-0.1, -0.05) is 11.6 Å². The molecular weight excluding hydrogens is 185 g/mol. The van der Waals surface area contributed by atoms with E-state index in [1.54, 1.807) is 0 Å². The van der Waals surface area contributed by atoms with Crippen molar-refractivity contribution in [3.8, 4) is 0 Å². The third-order valence-electron chi connectivity index (χ3n) is 1.51. The van der Waals surface area contributed by atoms with Gasteiger partial charge in [0, 0.05) is 11.6 Å². The molecule has 0 heterocycles. The molecule has 12 heavy (non-hydrogen) atoms. The molecule has 1 aromatic rings. The van der Waals surface area contributed by atoms with Crippen molar-refractivity contribution in [1.82, 2.24) is 0 Å². The number of benzene rings is 1. The highest BCUT2D eigenvalue weighted by atomic mass is 35.5. The predicted octanol–water partition coefficient (Wildman–Crippen LogP) is 2.70. The first kappa shape index (κ1) is 8.93. The zero-order valence-corrected chi connectivity index (χ0v) is 6.93. The first-order valence-corrected chi connectivity index (χ1v) is 3.51. The number of halogens is 2. The Morgan fingerprint density at radius 1 is 1.58 bits per heavy atom. The Balaban J connectivity index is 3.36. The maximum Gasteiger partial charge on any atom is 0.274 e. The minimum atomic E-state index is -0.639. The van der Waals surface area contributed by atoms with Crippen molar-refractivity contribution in [2.75, 3.05) is 0 Å². The van der Waals surface area contributed by atoms with Gasteiger partial charge < -0.3 is 0 Å². The lowest BCUT2D eigenvalue weighted by Gasteiger charge is -1.99. The molecule has 64 valence electrons. The molecular formula is C7H5ClFNO2. The van der Waals surface area contributed by atoms with Gasteiger partial charge in [0.05, 0.1) is 9.95 Å². The molecule has 0 aliphatic rings. The van der Waals surface area contributed by atoms with Crippen LogP contribution in [0.4, 0.5) is 10.1 Å². The molecule has 0 bridgehead atoms. The number of hydrogen-bond acceptors (Lipinski definition) is 2. The van der Waals surface area contributed by atoms with Crippen molar-refractivity contribution in [3.05, 3.63) is 38.7 Å². The topological polar surface area (TPSA) is 43.1 Å². The van der Waals surface area contributed by atoms with E-state index in [1.165, 1.54) is 6.92 Å². The van der Waals surface area contributed by atoms with E-state index in [2.05, 4.69) is 0 Å². The Hall–Kier alpha value is -1.16. The van der Waals surface area contributed by atoms with Crippen molar-refractivity contribution in [2.45, 2.75) is 6.92 Å². The molecule has 0 aliphatic carbocycles. The molecule has 0 aliphatic heterocycles. The fraction of sp³-hybridized carbons (Fsp3) is 0.143. The predicted molar refractivity (Wildman–Crippen MR) is 42.8 cm³/mol. The minimum absolute atomic E-state index is 0.154. The van der Waals surface area contributed by atoms with Gasteiger partial charge in [0.25, 0.3) is 5.69 Å². The second-order valence-electron chi connectivity index (χ2n) is 2.26. The smallest absolute Gasteiger partial charge is 0.258 e. The molecule has 3 nitrogen and oxygen atoms in total. The maximum absolute atomic E-state index is 12.7. The van der Waals surface area contributed by atoms with E-state index < -0.39 is 10.7 Å². The SMILES string of the molecule is Cc1c([N+](=O)[O-])ccc(F)c1Cl. The van der Waals surface area contributed by atoms with Crippen molar-refractivity contribution in [3.63, 3.8) is 0 Å². The summed E-state index contributed by atoms with van der Waals surface area (Å²) in [5.74, 6) is -0.639. The average Bonchev–Trinajstić information content (AvgIpc) is 2.00. The quantitative estimate of drug-likeness (QED) is 0.504. The Morgan fingerprint density at radius 3 is 2.67 bits per heavy atom. The normalized spacial score (nSPS) is 9.92. The highest BCUT2D eigenvalue weighted by Crippen LogP contribution is 2.27. The zero-order chi connectivity index (χ0) is 9.30. The first-order chi connectivity index (χ1) is 5.54. The number of rotatable bonds is 1. The molecule has 0 N–H and O–H groups in total. The van der Waals surface area contributed by atoms with Gasteiger partial charge in [0.1, 0.15) is 5.82 Å². The lowest BCUT2D eigenvalue weighted by atomic mass is 10.2. The lowest BCUT2D eigenvalue weighted by molar-refractivity contribution is -0.385. The van der Waals surface area contributed by atoms with Crippen LogP contribution in [0.3, 0.4) is 0 Å². The summed E-state index contributed by atoms with van der Waals surface area (Å²) in [5.41, 5.74) is -0.0110. The van der Waals surface area contributed by atoms with E-state index >= 15 is 0 Å². The van der Waals surface area contributed by atoms with Crippen LogP contribution in [0.5, 0.6) is 0 Å². The van der Waals surface area contributed by atoms with Gasteiger partial charge in [0.15, 0.2) is 0 Å². The van der Waals surface area contributed by atoms with E-state index in [9.17, 15) is 14.5 Å². The van der Waals surface area contributed by atoms with Crippen LogP contribution >= 0.6 is 11.6 Å². The Labute approximate surface area is 72.9 Å². The van der Waals surface area contributed by atoms with Gasteiger partial charge in [-0.25, -0.2) is 4.39 Å². The van der Waals surface area contributed by atoms with E-state index in [4.69, 9.17) is 11.6 Å². The van der Waals surface area contributed by atoms with Gasteiger partial charge in [0.2, 0.25) is 0 Å². The average molecular weight is 190 g/mol. The summed E-state index contributed by atoms with van der Waals surface area (Å²) in [6, 6.07) is 2.07. The van der Waals surface area contributed by atoms with Crippen molar-refractivity contribution in [2.24, 2.45) is 0 Å². The summed E-state index contributed by atoms with van der Waals surface area (Å²) < 4.78 is 12.7. The van der Waals surface area contributed by atoms with Crippen LogP contribution in [-0.2, 0) is 0 Å². The molecule has 0 atom stereocenters. The summed E-state index contributed by atoms with van der Waals surface area (Å²) in [5, 5.41) is 10.1. The number of nitro benzene ring substituents is 1. The molecule has 0 unspecified atom stereocenters. The second-order valence-corrected chi connectivity index (χ2v) is 2.64. The lowest BCUT2D eigenvalue weighted by Crippen LogP contribution is -1.93. The second kappa shape index (κ2) is 3.06. The molecule has 0 saturated carbocycles. The van der Waals surface area contributed by atoms with Gasteiger partial charge in [-0.15, -0.1) is 0 Å². The summed E-state index contributed by atoms with van der Waals surface area (Å²) in [4.78, 5) is 9.71. The highest BCUT2D eigenvalue weighted by molar-refractivity contribution is 6.31. The van der Waals surface area contributed by atoms with Crippen molar-refractivity contribution < 1.29 is 9.31 Å². The van der Waals surface area contributed by atoms with Gasteiger partial charge in [-0.2, -0.15) is 0 Å². The van der Waals surface area contributed by atoms with Crippen LogP contribution in [0.25, 0.3) is 0 Å². The van der Waals surface area contributed by atoms with E-state index in [0.29, 0.717) is 0 Å². The Morgan fingerprint density at radius 2 is 2.17 bits per heavy atom. The van der Waals surface area contributed by atoms with Crippen LogP contribution < -0.4 is 0 Å². The van der Waals surface area contributed by atoms with Crippen LogP contribution in [0.2, 0.25) is 5.02 Å². The van der Waals surface area contributed by atoms with E-state index in [1.807, 2.05) is 0 Å². The third-order valence-corrected chi connectivity index (χ3v) is 1.97. The van der Waals surface area contributed by atoms with Crippen molar-refractivity contribution >= 4 is 17.3 Å². The fourth-order valence-electron chi connectivity index (χ4n) is 0.840. The van der Waals surface area contributed by atoms with Crippen LogP contribution in [0.15, 0.2) is 12.1 Å². The Kier molecular flexibility index (Phi) is 2.28. The largest absolute Gasteiger partial charge is 0.274 e. The van der Waals surface area contributed by atoms with Gasteiger partial charge in [-0.3, -0.25) is 10.1 Å². The summed E-state index contributed by atoms with van der Waals surface area (Å²) in [6.07, 6.45) is 0. The number of nitro groups is 1. The minimum Gasteiger partial charge on any atom is -0.258 e. The molecule has 0 aromatic heterocycles. The molecule has 5 heteroatoms. The Bertz CT molecular complexity index is 340. The van der Waals surface area contributed by atoms with Gasteiger partial charge >= 0.3 is 0 Å². The fourth-order valence-corrected chi connectivity index (χ4v) is 0.999. The first-order valence-electron chi connectivity index (χ1n) is 3.13. The standard InChI is InChI=1S/C7H5ClFNO2/c1-4-6(10(11)12)3-2-5(9)7(4)8/h2-3H,1H3. The zero-order valence-electron chi connectivity index (χ0n) is 6.17. The molecule has 0 amide bonds. The van der Waals surface area contributed by atoms with Gasteiger partial charge in [-0.05, 0) is 13.0 Å². The number of hydrogen-bond donors (Lipinski definition) is 0. The molecule has 0 saturated heterocycles. The van der Waals surface area contributed by atoms with Crippen molar-refractivity contribution in [1.29, 1.82) is 0 Å². The monoisotopic (exact) mass is 189 g/mol. The maximum atomic E-state index is 12.7. The molecule has 1 rings (SSSR count). The molecule has 1 aromatic carbocycles. The summed E-state index contributed by atoms with van der Waals surface area (Å²) >= 11 is 5.45.